The number of benzene rings is 2. The van der Waals surface area contributed by atoms with Crippen molar-refractivity contribution in [2.24, 2.45) is 0 Å². The molecule has 0 N–H and O–H groups in total. The molecule has 0 fully saturated rings. The minimum atomic E-state index is -0.167. The number of hydrogen-bond acceptors (Lipinski definition) is 3. The van der Waals surface area contributed by atoms with Crippen LogP contribution in [-0.2, 0) is 29.1 Å². The summed E-state index contributed by atoms with van der Waals surface area (Å²) < 4.78 is 6.47. The molecule has 22 heavy (non-hydrogen) atoms. The van der Waals surface area contributed by atoms with Crippen LogP contribution in [0.5, 0.6) is 0 Å². The highest BCUT2D eigenvalue weighted by Crippen LogP contribution is 2.26. The maximum atomic E-state index is 12.0. The van der Waals surface area contributed by atoms with E-state index in [1.54, 1.807) is 0 Å². The first kappa shape index (κ1) is 15.3. The van der Waals surface area contributed by atoms with Gasteiger partial charge in [-0.15, -0.1) is 0 Å². The van der Waals surface area contributed by atoms with Crippen LogP contribution in [0, 0.1) is 0 Å². The van der Waals surface area contributed by atoms with Crippen molar-refractivity contribution < 1.29 is 9.53 Å². The van der Waals surface area contributed by atoms with E-state index in [9.17, 15) is 4.79 Å². The van der Waals surface area contributed by atoms with Crippen LogP contribution in [0.2, 0.25) is 0 Å². The lowest BCUT2D eigenvalue weighted by Gasteiger charge is -2.28. The molecule has 0 aromatic heterocycles. The normalized spacial score (nSPS) is 14.4. The number of ether oxygens (including phenoxy) is 1. The van der Waals surface area contributed by atoms with Crippen LogP contribution in [0.4, 0.5) is 0 Å². The molecular formula is C18H18BrNO2. The zero-order valence-corrected chi connectivity index (χ0v) is 13.9. The van der Waals surface area contributed by atoms with E-state index < -0.39 is 0 Å². The highest BCUT2D eigenvalue weighted by Gasteiger charge is 2.20. The highest BCUT2D eigenvalue weighted by molar-refractivity contribution is 9.10. The highest BCUT2D eigenvalue weighted by atomic mass is 79.9. The molecule has 2 aromatic rings. The van der Waals surface area contributed by atoms with E-state index in [0.717, 1.165) is 29.5 Å². The van der Waals surface area contributed by atoms with E-state index in [0.29, 0.717) is 13.2 Å². The van der Waals surface area contributed by atoms with Gasteiger partial charge in [0.05, 0.1) is 6.54 Å². The zero-order chi connectivity index (χ0) is 15.4. The van der Waals surface area contributed by atoms with Crippen LogP contribution < -0.4 is 0 Å². The van der Waals surface area contributed by atoms with Crippen LogP contribution in [0.25, 0.3) is 0 Å². The van der Waals surface area contributed by atoms with Gasteiger partial charge in [-0.2, -0.15) is 0 Å². The molecule has 0 spiro atoms. The Morgan fingerprint density at radius 1 is 1.14 bits per heavy atom. The number of rotatable bonds is 4. The average Bonchev–Trinajstić information content (AvgIpc) is 2.55. The molecule has 0 amide bonds. The molecule has 0 unspecified atom stereocenters. The van der Waals surface area contributed by atoms with Gasteiger partial charge in [0.1, 0.15) is 6.61 Å². The quantitative estimate of drug-likeness (QED) is 0.781. The van der Waals surface area contributed by atoms with Crippen molar-refractivity contribution in [1.29, 1.82) is 0 Å². The fourth-order valence-electron chi connectivity index (χ4n) is 2.70. The van der Waals surface area contributed by atoms with Crippen molar-refractivity contribution in [3.63, 3.8) is 0 Å². The summed E-state index contributed by atoms with van der Waals surface area (Å²) in [6.45, 7) is 2.36. The zero-order valence-electron chi connectivity index (χ0n) is 12.3. The fourth-order valence-corrected chi connectivity index (χ4v) is 3.23. The van der Waals surface area contributed by atoms with Crippen molar-refractivity contribution in [2.75, 3.05) is 13.1 Å². The number of nitrogens with zero attached hydrogens (tertiary/aromatic N) is 1. The van der Waals surface area contributed by atoms with Gasteiger partial charge in [0.25, 0.3) is 0 Å². The maximum absolute atomic E-state index is 12.0. The van der Waals surface area contributed by atoms with Crippen molar-refractivity contribution in [3.8, 4) is 0 Å². The van der Waals surface area contributed by atoms with Gasteiger partial charge in [-0.05, 0) is 29.2 Å². The number of esters is 1. The lowest BCUT2D eigenvalue weighted by molar-refractivity contribution is -0.146. The third-order valence-corrected chi connectivity index (χ3v) is 4.63. The van der Waals surface area contributed by atoms with Gasteiger partial charge in [0, 0.05) is 17.6 Å². The molecule has 0 bridgehead atoms. The Labute approximate surface area is 139 Å². The summed E-state index contributed by atoms with van der Waals surface area (Å²) in [7, 11) is 0. The summed E-state index contributed by atoms with van der Waals surface area (Å²) in [5, 5.41) is 0. The van der Waals surface area contributed by atoms with Gasteiger partial charge in [0.2, 0.25) is 0 Å². The summed E-state index contributed by atoms with van der Waals surface area (Å²) in [4.78, 5) is 14.1. The Bertz CT molecular complexity index is 657. The molecule has 1 aliphatic heterocycles. The third kappa shape index (κ3) is 3.76. The van der Waals surface area contributed by atoms with E-state index in [1.165, 1.54) is 11.1 Å². The van der Waals surface area contributed by atoms with Gasteiger partial charge in [0.15, 0.2) is 0 Å². The van der Waals surface area contributed by atoms with E-state index in [2.05, 4.69) is 39.0 Å². The molecule has 3 rings (SSSR count). The van der Waals surface area contributed by atoms with Crippen molar-refractivity contribution >= 4 is 21.9 Å². The predicted octanol–water partition coefficient (Wildman–Crippen LogP) is 3.55. The molecule has 114 valence electrons. The fraction of sp³-hybridized carbons (Fsp3) is 0.278. The first-order valence-electron chi connectivity index (χ1n) is 7.40. The Balaban J connectivity index is 1.54. The second-order valence-electron chi connectivity index (χ2n) is 5.48. The second kappa shape index (κ2) is 7.07. The first-order chi connectivity index (χ1) is 10.7. The van der Waals surface area contributed by atoms with E-state index >= 15 is 0 Å². The molecule has 0 atom stereocenters. The van der Waals surface area contributed by atoms with E-state index in [-0.39, 0.29) is 5.97 Å². The second-order valence-corrected chi connectivity index (χ2v) is 6.34. The standard InChI is InChI=1S/C18H18BrNO2/c19-17-8-4-7-15-9-10-20(11-16(15)17)12-18(21)22-13-14-5-2-1-3-6-14/h1-8H,9-13H2. The molecule has 2 aromatic carbocycles. The number of halogens is 1. The van der Waals surface area contributed by atoms with Crippen molar-refractivity contribution in [3.05, 3.63) is 69.7 Å². The summed E-state index contributed by atoms with van der Waals surface area (Å²) in [6.07, 6.45) is 0.973. The largest absolute Gasteiger partial charge is 0.460 e. The summed E-state index contributed by atoms with van der Waals surface area (Å²) in [5.74, 6) is -0.167. The molecule has 0 radical (unpaired) electrons. The molecule has 0 saturated carbocycles. The average molecular weight is 360 g/mol. The van der Waals surface area contributed by atoms with Crippen LogP contribution >= 0.6 is 15.9 Å². The number of fused-ring (bicyclic) bond motifs is 1. The van der Waals surface area contributed by atoms with Gasteiger partial charge >= 0.3 is 5.97 Å². The van der Waals surface area contributed by atoms with Crippen LogP contribution in [-0.4, -0.2) is 24.0 Å². The Morgan fingerprint density at radius 2 is 1.95 bits per heavy atom. The minimum Gasteiger partial charge on any atom is -0.460 e. The van der Waals surface area contributed by atoms with Gasteiger partial charge < -0.3 is 4.74 Å². The van der Waals surface area contributed by atoms with E-state index in [1.807, 2.05) is 30.3 Å². The predicted molar refractivity (Wildman–Crippen MR) is 89.4 cm³/mol. The molecular weight excluding hydrogens is 342 g/mol. The Kier molecular flexibility index (Phi) is 4.90. The lowest BCUT2D eigenvalue weighted by Crippen LogP contribution is -2.35. The van der Waals surface area contributed by atoms with E-state index in [4.69, 9.17) is 4.74 Å². The lowest BCUT2D eigenvalue weighted by atomic mass is 10.00. The molecule has 1 heterocycles. The number of carbonyl (C=O) groups excluding carboxylic acids is 1. The Morgan fingerprint density at radius 3 is 2.77 bits per heavy atom. The van der Waals surface area contributed by atoms with Crippen LogP contribution in [0.1, 0.15) is 16.7 Å². The molecule has 3 nitrogen and oxygen atoms in total. The third-order valence-electron chi connectivity index (χ3n) is 3.89. The molecule has 4 heteroatoms. The smallest absolute Gasteiger partial charge is 0.320 e. The summed E-state index contributed by atoms with van der Waals surface area (Å²) in [6, 6.07) is 16.0. The topological polar surface area (TPSA) is 29.5 Å². The van der Waals surface area contributed by atoms with Crippen molar-refractivity contribution in [2.45, 2.75) is 19.6 Å². The minimum absolute atomic E-state index is 0.167. The van der Waals surface area contributed by atoms with Gasteiger partial charge in [-0.3, -0.25) is 9.69 Å². The van der Waals surface area contributed by atoms with Gasteiger partial charge in [-0.1, -0.05) is 58.4 Å². The Hall–Kier alpha value is -1.65. The summed E-state index contributed by atoms with van der Waals surface area (Å²) >= 11 is 3.59. The summed E-state index contributed by atoms with van der Waals surface area (Å²) in [5.41, 5.74) is 3.66. The number of carbonyl (C=O) groups is 1. The SMILES string of the molecule is O=C(CN1CCc2cccc(Br)c2C1)OCc1ccccc1. The van der Waals surface area contributed by atoms with Gasteiger partial charge in [-0.25, -0.2) is 0 Å². The van der Waals surface area contributed by atoms with Crippen molar-refractivity contribution in [1.82, 2.24) is 4.90 Å². The van der Waals surface area contributed by atoms with Crippen LogP contribution in [0.3, 0.4) is 0 Å². The first-order valence-corrected chi connectivity index (χ1v) is 8.20. The number of hydrogen-bond donors (Lipinski definition) is 0. The maximum Gasteiger partial charge on any atom is 0.320 e. The monoisotopic (exact) mass is 359 g/mol. The molecule has 1 aliphatic rings. The molecule has 0 aliphatic carbocycles. The molecule has 0 saturated heterocycles. The van der Waals surface area contributed by atoms with Crippen LogP contribution in [0.15, 0.2) is 53.0 Å².